The second kappa shape index (κ2) is 9.33. The summed E-state index contributed by atoms with van der Waals surface area (Å²) in [5.74, 6) is -2.28. The van der Waals surface area contributed by atoms with Crippen LogP contribution in [-0.4, -0.2) is 48.4 Å². The van der Waals surface area contributed by atoms with Crippen LogP contribution in [0.5, 0.6) is 0 Å². The van der Waals surface area contributed by atoms with Crippen LogP contribution in [-0.2, 0) is 19.1 Å². The summed E-state index contributed by atoms with van der Waals surface area (Å²) >= 11 is 5.83. The molecule has 2 amide bonds. The standard InChI is InChI=1S/C18H22ClFN2O4/c1-18(2,3)21-15(23)10-22(4)16(24)11-26-17(25)9-8-12-13(19)6-5-7-14(12)20/h5-9H,10-11H2,1-4H3,(H,21,23)/b9-8+. The fourth-order valence-electron chi connectivity index (χ4n) is 1.87. The number of likely N-dealkylation sites (N-methyl/N-ethyl adjacent to an activating group) is 1. The highest BCUT2D eigenvalue weighted by Gasteiger charge is 2.18. The number of rotatable bonds is 6. The predicted octanol–water partition coefficient (Wildman–Crippen LogP) is 2.41. The van der Waals surface area contributed by atoms with Crippen molar-refractivity contribution >= 4 is 35.5 Å². The number of nitrogens with one attached hydrogen (secondary N) is 1. The molecule has 0 aromatic heterocycles. The van der Waals surface area contributed by atoms with E-state index in [1.165, 1.54) is 31.3 Å². The van der Waals surface area contributed by atoms with Crippen LogP contribution < -0.4 is 5.32 Å². The third-order valence-corrected chi connectivity index (χ3v) is 3.37. The Morgan fingerprint density at radius 3 is 2.54 bits per heavy atom. The van der Waals surface area contributed by atoms with Gasteiger partial charge in [-0.05, 0) is 39.0 Å². The molecular formula is C18H22ClFN2O4. The van der Waals surface area contributed by atoms with E-state index in [1.54, 1.807) is 0 Å². The van der Waals surface area contributed by atoms with Gasteiger partial charge in [0.2, 0.25) is 5.91 Å². The summed E-state index contributed by atoms with van der Waals surface area (Å²) in [6.45, 7) is 4.77. The molecule has 0 saturated carbocycles. The Morgan fingerprint density at radius 1 is 1.31 bits per heavy atom. The highest BCUT2D eigenvalue weighted by molar-refractivity contribution is 6.32. The van der Waals surface area contributed by atoms with Gasteiger partial charge in [0, 0.05) is 24.2 Å². The van der Waals surface area contributed by atoms with Gasteiger partial charge in [-0.1, -0.05) is 17.7 Å². The summed E-state index contributed by atoms with van der Waals surface area (Å²) in [6, 6.07) is 4.13. The lowest BCUT2D eigenvalue weighted by Crippen LogP contribution is -2.46. The van der Waals surface area contributed by atoms with Crippen LogP contribution in [0.15, 0.2) is 24.3 Å². The van der Waals surface area contributed by atoms with E-state index in [1.807, 2.05) is 20.8 Å². The number of esters is 1. The van der Waals surface area contributed by atoms with Gasteiger partial charge < -0.3 is 15.0 Å². The smallest absolute Gasteiger partial charge is 0.331 e. The molecule has 0 radical (unpaired) electrons. The lowest BCUT2D eigenvalue weighted by molar-refractivity contribution is -0.148. The minimum absolute atomic E-state index is 0.0495. The molecule has 26 heavy (non-hydrogen) atoms. The SMILES string of the molecule is CN(CC(=O)NC(C)(C)C)C(=O)COC(=O)/C=C/c1c(F)cccc1Cl. The first-order valence-corrected chi connectivity index (χ1v) is 8.21. The monoisotopic (exact) mass is 384 g/mol. The normalized spacial score (nSPS) is 11.3. The Bertz CT molecular complexity index is 693. The van der Waals surface area contributed by atoms with Crippen LogP contribution >= 0.6 is 11.6 Å². The van der Waals surface area contributed by atoms with Gasteiger partial charge in [0.25, 0.3) is 5.91 Å². The number of nitrogens with zero attached hydrogens (tertiary/aromatic N) is 1. The van der Waals surface area contributed by atoms with Crippen molar-refractivity contribution in [1.82, 2.24) is 10.2 Å². The second-order valence-corrected chi connectivity index (χ2v) is 7.03. The zero-order valence-electron chi connectivity index (χ0n) is 15.1. The number of amides is 2. The Kier molecular flexibility index (Phi) is 7.76. The van der Waals surface area contributed by atoms with Gasteiger partial charge in [-0.2, -0.15) is 0 Å². The molecule has 1 aromatic carbocycles. The van der Waals surface area contributed by atoms with Gasteiger partial charge >= 0.3 is 5.97 Å². The van der Waals surface area contributed by atoms with Crippen molar-refractivity contribution in [2.45, 2.75) is 26.3 Å². The maximum atomic E-state index is 13.6. The van der Waals surface area contributed by atoms with Gasteiger partial charge in [0.15, 0.2) is 6.61 Å². The number of benzene rings is 1. The molecule has 0 aliphatic carbocycles. The van der Waals surface area contributed by atoms with Crippen molar-refractivity contribution in [2.24, 2.45) is 0 Å². The average molecular weight is 385 g/mol. The quantitative estimate of drug-likeness (QED) is 0.603. The summed E-state index contributed by atoms with van der Waals surface area (Å²) in [4.78, 5) is 36.5. The van der Waals surface area contributed by atoms with E-state index >= 15 is 0 Å². The van der Waals surface area contributed by atoms with Gasteiger partial charge in [0.1, 0.15) is 5.82 Å². The minimum atomic E-state index is -0.829. The molecule has 0 saturated heterocycles. The molecule has 0 aliphatic rings. The number of carbonyl (C=O) groups is 3. The average Bonchev–Trinajstić information content (AvgIpc) is 2.50. The maximum absolute atomic E-state index is 13.6. The van der Waals surface area contributed by atoms with E-state index in [0.717, 1.165) is 11.0 Å². The van der Waals surface area contributed by atoms with E-state index in [-0.39, 0.29) is 23.0 Å². The zero-order valence-corrected chi connectivity index (χ0v) is 15.9. The first kappa shape index (κ1) is 21.6. The van der Waals surface area contributed by atoms with E-state index in [0.29, 0.717) is 0 Å². The summed E-state index contributed by atoms with van der Waals surface area (Å²) in [5, 5.41) is 2.87. The van der Waals surface area contributed by atoms with Crippen molar-refractivity contribution in [3.63, 3.8) is 0 Å². The lowest BCUT2D eigenvalue weighted by atomic mass is 10.1. The summed E-state index contributed by atoms with van der Waals surface area (Å²) in [5.41, 5.74) is -0.361. The number of hydrogen-bond donors (Lipinski definition) is 1. The highest BCUT2D eigenvalue weighted by Crippen LogP contribution is 2.20. The molecule has 0 bridgehead atoms. The van der Waals surface area contributed by atoms with Gasteiger partial charge in [0.05, 0.1) is 11.6 Å². The molecule has 0 heterocycles. The Balaban J connectivity index is 2.50. The molecule has 0 unspecified atom stereocenters. The number of carbonyl (C=O) groups excluding carboxylic acids is 3. The molecular weight excluding hydrogens is 363 g/mol. The van der Waals surface area contributed by atoms with Crippen LogP contribution in [0.3, 0.4) is 0 Å². The van der Waals surface area contributed by atoms with E-state index < -0.39 is 29.8 Å². The number of hydrogen-bond acceptors (Lipinski definition) is 4. The molecule has 8 heteroatoms. The minimum Gasteiger partial charge on any atom is -0.452 e. The van der Waals surface area contributed by atoms with Crippen LogP contribution in [0.4, 0.5) is 4.39 Å². The zero-order chi connectivity index (χ0) is 19.9. The topological polar surface area (TPSA) is 75.7 Å². The molecule has 0 spiro atoms. The number of halogens is 2. The Labute approximate surface area is 156 Å². The third-order valence-electron chi connectivity index (χ3n) is 3.04. The van der Waals surface area contributed by atoms with Crippen molar-refractivity contribution in [3.8, 4) is 0 Å². The molecule has 6 nitrogen and oxygen atoms in total. The number of ether oxygens (including phenoxy) is 1. The largest absolute Gasteiger partial charge is 0.452 e. The lowest BCUT2D eigenvalue weighted by Gasteiger charge is -2.23. The molecule has 1 N–H and O–H groups in total. The van der Waals surface area contributed by atoms with E-state index in [4.69, 9.17) is 16.3 Å². The third kappa shape index (κ3) is 7.65. The predicted molar refractivity (Wildman–Crippen MR) is 96.9 cm³/mol. The molecule has 0 atom stereocenters. The van der Waals surface area contributed by atoms with Gasteiger partial charge in [-0.3, -0.25) is 9.59 Å². The van der Waals surface area contributed by atoms with Crippen molar-refractivity contribution in [2.75, 3.05) is 20.2 Å². The molecule has 0 aliphatic heterocycles. The fourth-order valence-corrected chi connectivity index (χ4v) is 2.10. The van der Waals surface area contributed by atoms with Crippen LogP contribution in [0.25, 0.3) is 6.08 Å². The Morgan fingerprint density at radius 2 is 1.96 bits per heavy atom. The van der Waals surface area contributed by atoms with Crippen LogP contribution in [0.2, 0.25) is 5.02 Å². The highest BCUT2D eigenvalue weighted by atomic mass is 35.5. The molecule has 0 fully saturated rings. The molecule has 142 valence electrons. The summed E-state index contributed by atoms with van der Waals surface area (Å²) < 4.78 is 18.4. The first-order chi connectivity index (χ1) is 12.0. The summed E-state index contributed by atoms with van der Waals surface area (Å²) in [7, 11) is 1.42. The summed E-state index contributed by atoms with van der Waals surface area (Å²) in [6.07, 6.45) is 2.15. The maximum Gasteiger partial charge on any atom is 0.331 e. The van der Waals surface area contributed by atoms with Gasteiger partial charge in [-0.25, -0.2) is 9.18 Å². The molecule has 1 aromatic rings. The van der Waals surface area contributed by atoms with Gasteiger partial charge in [-0.15, -0.1) is 0 Å². The fraction of sp³-hybridized carbons (Fsp3) is 0.389. The van der Waals surface area contributed by atoms with E-state index in [9.17, 15) is 18.8 Å². The van der Waals surface area contributed by atoms with Crippen LogP contribution in [0.1, 0.15) is 26.3 Å². The first-order valence-electron chi connectivity index (χ1n) is 7.83. The second-order valence-electron chi connectivity index (χ2n) is 6.62. The Hall–Kier alpha value is -2.41. The van der Waals surface area contributed by atoms with Crippen molar-refractivity contribution < 1.29 is 23.5 Å². The van der Waals surface area contributed by atoms with Crippen molar-refractivity contribution in [3.05, 3.63) is 40.7 Å². The van der Waals surface area contributed by atoms with Crippen LogP contribution in [0, 0.1) is 5.82 Å². The van der Waals surface area contributed by atoms with E-state index in [2.05, 4.69) is 5.32 Å². The van der Waals surface area contributed by atoms with Crippen molar-refractivity contribution in [1.29, 1.82) is 0 Å². The molecule has 1 rings (SSSR count).